The van der Waals surface area contributed by atoms with Crippen LogP contribution in [0.2, 0.25) is 0 Å². The molecule has 1 saturated heterocycles. The molecule has 1 aromatic carbocycles. The Labute approximate surface area is 169 Å². The van der Waals surface area contributed by atoms with E-state index in [1.54, 1.807) is 0 Å². The van der Waals surface area contributed by atoms with Crippen molar-refractivity contribution in [2.24, 2.45) is 11.3 Å². The molecular formula is C23H35N3O2. The second kappa shape index (κ2) is 8.97. The van der Waals surface area contributed by atoms with Crippen molar-refractivity contribution in [2.75, 3.05) is 36.4 Å². The number of carbonyl (C=O) groups is 2. The molecule has 1 aliphatic carbocycles. The van der Waals surface area contributed by atoms with Gasteiger partial charge >= 0.3 is 0 Å². The molecule has 1 heterocycles. The van der Waals surface area contributed by atoms with Gasteiger partial charge in [-0.25, -0.2) is 0 Å². The molecule has 2 amide bonds. The summed E-state index contributed by atoms with van der Waals surface area (Å²) < 4.78 is 0. The zero-order chi connectivity index (χ0) is 20.1. The lowest BCUT2D eigenvalue weighted by atomic mass is 9.88. The highest BCUT2D eigenvalue weighted by atomic mass is 16.2. The van der Waals surface area contributed by atoms with Crippen LogP contribution < -0.4 is 10.2 Å². The highest BCUT2D eigenvalue weighted by Gasteiger charge is 2.28. The Morgan fingerprint density at radius 3 is 2.14 bits per heavy atom. The fraction of sp³-hybridized carbons (Fsp3) is 0.652. The van der Waals surface area contributed by atoms with E-state index in [0.717, 1.165) is 50.4 Å². The van der Waals surface area contributed by atoms with Gasteiger partial charge in [-0.05, 0) is 42.5 Å². The fourth-order valence-electron chi connectivity index (χ4n) is 4.24. The number of piperazine rings is 1. The lowest BCUT2D eigenvalue weighted by molar-refractivity contribution is -0.136. The summed E-state index contributed by atoms with van der Waals surface area (Å²) >= 11 is 0. The van der Waals surface area contributed by atoms with E-state index in [4.69, 9.17) is 0 Å². The number of hydrogen-bond donors (Lipinski definition) is 1. The van der Waals surface area contributed by atoms with Crippen LogP contribution in [-0.2, 0) is 9.59 Å². The van der Waals surface area contributed by atoms with Gasteiger partial charge in [0.15, 0.2) is 0 Å². The van der Waals surface area contributed by atoms with Crippen LogP contribution in [0.25, 0.3) is 0 Å². The molecule has 1 N–H and O–H groups in total. The molecule has 1 aliphatic heterocycles. The normalized spacial score (nSPS) is 18.8. The Morgan fingerprint density at radius 2 is 1.57 bits per heavy atom. The minimum atomic E-state index is -0.0151. The zero-order valence-corrected chi connectivity index (χ0v) is 17.7. The third-order valence-electron chi connectivity index (χ3n) is 5.75. The molecule has 2 aliphatic rings. The molecule has 0 unspecified atom stereocenters. The van der Waals surface area contributed by atoms with E-state index in [2.05, 4.69) is 48.0 Å². The van der Waals surface area contributed by atoms with E-state index in [9.17, 15) is 9.59 Å². The molecule has 1 saturated carbocycles. The molecular weight excluding hydrogens is 350 g/mol. The minimum Gasteiger partial charge on any atom is -0.368 e. The van der Waals surface area contributed by atoms with Gasteiger partial charge in [0.05, 0.1) is 0 Å². The standard InChI is InChI=1S/C23H35N3O2/c1-23(2,3)17-21(27)24-19-9-11-20(12-10-19)25-13-15-26(16-14-25)22(28)18-7-5-4-6-8-18/h9-12,18H,4-8,13-17H2,1-3H3,(H,24,27). The van der Waals surface area contributed by atoms with Crippen molar-refractivity contribution in [3.8, 4) is 0 Å². The third-order valence-corrected chi connectivity index (χ3v) is 5.75. The Balaban J connectivity index is 1.49. The van der Waals surface area contributed by atoms with Crippen LogP contribution in [0, 0.1) is 11.3 Å². The van der Waals surface area contributed by atoms with Gasteiger partial charge < -0.3 is 15.1 Å². The first-order valence-corrected chi connectivity index (χ1v) is 10.8. The fourth-order valence-corrected chi connectivity index (χ4v) is 4.24. The summed E-state index contributed by atoms with van der Waals surface area (Å²) in [6, 6.07) is 8.06. The number of anilines is 2. The SMILES string of the molecule is CC(C)(C)CC(=O)Nc1ccc(N2CCN(C(=O)C3CCCCC3)CC2)cc1. The van der Waals surface area contributed by atoms with Gasteiger partial charge in [-0.2, -0.15) is 0 Å². The maximum atomic E-state index is 12.7. The lowest BCUT2D eigenvalue weighted by Crippen LogP contribution is -2.50. The molecule has 5 nitrogen and oxygen atoms in total. The van der Waals surface area contributed by atoms with Gasteiger partial charge in [0.1, 0.15) is 0 Å². The molecule has 0 atom stereocenters. The first-order chi connectivity index (χ1) is 13.3. The van der Waals surface area contributed by atoms with E-state index in [0.29, 0.717) is 12.3 Å². The molecule has 3 rings (SSSR count). The highest BCUT2D eigenvalue weighted by molar-refractivity contribution is 5.91. The van der Waals surface area contributed by atoms with Crippen LogP contribution in [0.1, 0.15) is 59.3 Å². The summed E-state index contributed by atoms with van der Waals surface area (Å²) in [7, 11) is 0. The van der Waals surface area contributed by atoms with Crippen LogP contribution in [-0.4, -0.2) is 42.9 Å². The second-order valence-electron chi connectivity index (χ2n) is 9.48. The average Bonchev–Trinajstić information content (AvgIpc) is 2.67. The van der Waals surface area contributed by atoms with Crippen LogP contribution in [0.3, 0.4) is 0 Å². The number of hydrogen-bond acceptors (Lipinski definition) is 3. The van der Waals surface area contributed by atoms with Crippen LogP contribution in [0.4, 0.5) is 11.4 Å². The Morgan fingerprint density at radius 1 is 0.964 bits per heavy atom. The summed E-state index contributed by atoms with van der Waals surface area (Å²) in [4.78, 5) is 29.2. The van der Waals surface area contributed by atoms with Crippen molar-refractivity contribution < 1.29 is 9.59 Å². The monoisotopic (exact) mass is 385 g/mol. The third kappa shape index (κ3) is 5.73. The predicted molar refractivity (Wildman–Crippen MR) is 115 cm³/mol. The molecule has 0 radical (unpaired) electrons. The molecule has 1 aromatic rings. The smallest absolute Gasteiger partial charge is 0.225 e. The molecule has 0 bridgehead atoms. The maximum Gasteiger partial charge on any atom is 0.225 e. The highest BCUT2D eigenvalue weighted by Crippen LogP contribution is 2.27. The Bertz CT molecular complexity index is 664. The number of benzene rings is 1. The quantitative estimate of drug-likeness (QED) is 0.841. The predicted octanol–water partition coefficient (Wildman–Crippen LogP) is 4.29. The van der Waals surface area contributed by atoms with E-state index in [-0.39, 0.29) is 17.2 Å². The van der Waals surface area contributed by atoms with Crippen molar-refractivity contribution >= 4 is 23.2 Å². The van der Waals surface area contributed by atoms with E-state index in [1.807, 2.05) is 12.1 Å². The van der Waals surface area contributed by atoms with Gasteiger partial charge in [0.2, 0.25) is 11.8 Å². The number of carbonyl (C=O) groups excluding carboxylic acids is 2. The van der Waals surface area contributed by atoms with Gasteiger partial charge in [-0.1, -0.05) is 40.0 Å². The van der Waals surface area contributed by atoms with Gasteiger partial charge in [-0.3, -0.25) is 9.59 Å². The molecule has 0 aromatic heterocycles. The molecule has 28 heavy (non-hydrogen) atoms. The van der Waals surface area contributed by atoms with Crippen LogP contribution >= 0.6 is 0 Å². The molecule has 0 spiro atoms. The second-order valence-corrected chi connectivity index (χ2v) is 9.48. The maximum absolute atomic E-state index is 12.7. The summed E-state index contributed by atoms with van der Waals surface area (Å²) in [6.07, 6.45) is 6.34. The average molecular weight is 386 g/mol. The van der Waals surface area contributed by atoms with Gasteiger partial charge in [0, 0.05) is 49.9 Å². The van der Waals surface area contributed by atoms with Crippen molar-refractivity contribution in [3.63, 3.8) is 0 Å². The van der Waals surface area contributed by atoms with Crippen molar-refractivity contribution in [3.05, 3.63) is 24.3 Å². The largest absolute Gasteiger partial charge is 0.368 e. The summed E-state index contributed by atoms with van der Waals surface area (Å²) in [5, 5.41) is 2.98. The summed E-state index contributed by atoms with van der Waals surface area (Å²) in [5.74, 6) is 0.683. The molecule has 154 valence electrons. The summed E-state index contributed by atoms with van der Waals surface area (Å²) in [6.45, 7) is 9.54. The number of nitrogens with zero attached hydrogens (tertiary/aromatic N) is 2. The minimum absolute atomic E-state index is 0.0151. The Kier molecular flexibility index (Phi) is 6.63. The van der Waals surface area contributed by atoms with Crippen LogP contribution in [0.5, 0.6) is 0 Å². The summed E-state index contributed by atoms with van der Waals surface area (Å²) in [5.41, 5.74) is 1.97. The number of amides is 2. The molecule has 2 fully saturated rings. The zero-order valence-electron chi connectivity index (χ0n) is 17.7. The van der Waals surface area contributed by atoms with Crippen molar-refractivity contribution in [1.29, 1.82) is 0 Å². The number of rotatable bonds is 4. The van der Waals surface area contributed by atoms with Crippen LogP contribution in [0.15, 0.2) is 24.3 Å². The van der Waals surface area contributed by atoms with Gasteiger partial charge in [0.25, 0.3) is 0 Å². The van der Waals surface area contributed by atoms with E-state index >= 15 is 0 Å². The topological polar surface area (TPSA) is 52.7 Å². The first-order valence-electron chi connectivity index (χ1n) is 10.8. The van der Waals surface area contributed by atoms with Gasteiger partial charge in [-0.15, -0.1) is 0 Å². The lowest BCUT2D eigenvalue weighted by Gasteiger charge is -2.38. The van der Waals surface area contributed by atoms with E-state index in [1.165, 1.54) is 19.3 Å². The molecule has 5 heteroatoms. The Hall–Kier alpha value is -2.04. The van der Waals surface area contributed by atoms with E-state index < -0.39 is 0 Å². The first kappa shape index (κ1) is 20.7. The van der Waals surface area contributed by atoms with Crippen molar-refractivity contribution in [2.45, 2.75) is 59.3 Å². The number of nitrogens with one attached hydrogen (secondary N) is 1. The van der Waals surface area contributed by atoms with Crippen molar-refractivity contribution in [1.82, 2.24) is 4.90 Å².